The normalized spacial score (nSPS) is 12.8. The Hall–Kier alpha value is -2.72. The molecule has 1 aliphatic rings. The van der Waals surface area contributed by atoms with E-state index in [9.17, 15) is 19.7 Å². The van der Waals surface area contributed by atoms with Crippen LogP contribution in [0.3, 0.4) is 0 Å². The molecule has 29 heavy (non-hydrogen) atoms. The molecule has 154 valence electrons. The van der Waals surface area contributed by atoms with Gasteiger partial charge < -0.3 is 10.2 Å². The highest BCUT2D eigenvalue weighted by atomic mass is 32.2. The Labute approximate surface area is 172 Å². The van der Waals surface area contributed by atoms with Crippen LogP contribution in [0.1, 0.15) is 17.7 Å². The van der Waals surface area contributed by atoms with Crippen molar-refractivity contribution in [1.82, 2.24) is 9.55 Å². The number of carbonyl (C=O) groups is 1. The van der Waals surface area contributed by atoms with Crippen molar-refractivity contribution in [2.75, 3.05) is 31.7 Å². The minimum Gasteiger partial charge on any atom is -0.338 e. The van der Waals surface area contributed by atoms with Gasteiger partial charge in [-0.3, -0.25) is 19.5 Å². The van der Waals surface area contributed by atoms with Gasteiger partial charge in [0.2, 0.25) is 5.91 Å². The number of nitro groups is 1. The molecular formula is C19H24N5O4S+. The first-order valence-electron chi connectivity index (χ1n) is 9.44. The number of quaternary nitrogens is 1. The number of nitrogens with zero attached hydrogens (tertiary/aromatic N) is 3. The van der Waals surface area contributed by atoms with Gasteiger partial charge in [-0.25, -0.2) is 4.79 Å². The summed E-state index contributed by atoms with van der Waals surface area (Å²) in [6.07, 6.45) is 2.64. The fourth-order valence-electron chi connectivity index (χ4n) is 3.33. The molecule has 1 amide bonds. The van der Waals surface area contributed by atoms with Crippen molar-refractivity contribution in [3.05, 3.63) is 56.1 Å². The number of para-hydroxylation sites is 2. The second kappa shape index (κ2) is 9.19. The summed E-state index contributed by atoms with van der Waals surface area (Å²) in [5.74, 6) is -0.352. The number of amides is 1. The molecule has 0 radical (unpaired) electrons. The molecule has 1 aliphatic carbocycles. The van der Waals surface area contributed by atoms with Crippen LogP contribution in [0.15, 0.2) is 34.1 Å². The Balaban J connectivity index is 1.72. The van der Waals surface area contributed by atoms with E-state index in [1.54, 1.807) is 16.7 Å². The third-order valence-corrected chi connectivity index (χ3v) is 5.77. The third-order valence-electron chi connectivity index (χ3n) is 4.75. The zero-order valence-electron chi connectivity index (χ0n) is 16.4. The Morgan fingerprint density at radius 1 is 1.34 bits per heavy atom. The van der Waals surface area contributed by atoms with Crippen molar-refractivity contribution >= 4 is 29.0 Å². The van der Waals surface area contributed by atoms with Gasteiger partial charge in [0, 0.05) is 17.3 Å². The van der Waals surface area contributed by atoms with Gasteiger partial charge >= 0.3 is 5.69 Å². The molecule has 0 unspecified atom stereocenters. The van der Waals surface area contributed by atoms with Crippen LogP contribution in [0.5, 0.6) is 0 Å². The topological polar surface area (TPSA) is 112 Å². The molecule has 3 rings (SSSR count). The maximum Gasteiger partial charge on any atom is 0.349 e. The molecule has 0 saturated heterocycles. The van der Waals surface area contributed by atoms with Gasteiger partial charge in [0.1, 0.15) is 10.7 Å². The first-order valence-corrected chi connectivity index (χ1v) is 10.4. The number of benzene rings is 1. The van der Waals surface area contributed by atoms with Crippen LogP contribution < -0.4 is 15.9 Å². The number of likely N-dealkylation sites (N-methyl/N-ethyl adjacent to an activating group) is 1. The summed E-state index contributed by atoms with van der Waals surface area (Å²) in [6.45, 7) is 1.46. The maximum absolute atomic E-state index is 12.5. The lowest BCUT2D eigenvalue weighted by atomic mass is 10.2. The van der Waals surface area contributed by atoms with Gasteiger partial charge in [0.15, 0.2) is 0 Å². The summed E-state index contributed by atoms with van der Waals surface area (Å²) in [4.78, 5) is 40.9. The molecular weight excluding hydrogens is 394 g/mol. The average Bonchev–Trinajstić information content (AvgIpc) is 3.15. The average molecular weight is 418 g/mol. The highest BCUT2D eigenvalue weighted by molar-refractivity contribution is 8.00. The second-order valence-electron chi connectivity index (χ2n) is 7.20. The minimum absolute atomic E-state index is 0.0246. The Kier molecular flexibility index (Phi) is 6.65. The first kappa shape index (κ1) is 21.0. The van der Waals surface area contributed by atoms with Gasteiger partial charge in [-0.1, -0.05) is 23.9 Å². The monoisotopic (exact) mass is 418 g/mol. The highest BCUT2D eigenvalue weighted by Gasteiger charge is 2.23. The van der Waals surface area contributed by atoms with Gasteiger partial charge in [-0.05, 0) is 25.3 Å². The Bertz CT molecular complexity index is 989. The number of hydrogen-bond donors (Lipinski definition) is 2. The number of nitro benzene ring substituents is 1. The van der Waals surface area contributed by atoms with Gasteiger partial charge in [0.05, 0.1) is 37.9 Å². The lowest BCUT2D eigenvalue weighted by Gasteiger charge is -2.15. The van der Waals surface area contributed by atoms with Crippen LogP contribution in [0.4, 0.5) is 11.4 Å². The number of anilines is 1. The van der Waals surface area contributed by atoms with E-state index in [-0.39, 0.29) is 28.7 Å². The molecule has 0 fully saturated rings. The largest absolute Gasteiger partial charge is 0.349 e. The molecule has 0 bridgehead atoms. The van der Waals surface area contributed by atoms with Crippen molar-refractivity contribution in [3.8, 4) is 0 Å². The van der Waals surface area contributed by atoms with Crippen molar-refractivity contribution in [2.24, 2.45) is 0 Å². The highest BCUT2D eigenvalue weighted by Crippen LogP contribution is 2.29. The van der Waals surface area contributed by atoms with Gasteiger partial charge in [-0.2, -0.15) is 4.98 Å². The second-order valence-corrected chi connectivity index (χ2v) is 8.16. The summed E-state index contributed by atoms with van der Waals surface area (Å²) in [6, 6.07) is 6.00. The molecule has 10 heteroatoms. The summed E-state index contributed by atoms with van der Waals surface area (Å²) in [5, 5.41) is 14.2. The molecule has 0 saturated carbocycles. The molecule has 1 aromatic heterocycles. The van der Waals surface area contributed by atoms with Crippen LogP contribution in [-0.4, -0.2) is 46.8 Å². The van der Waals surface area contributed by atoms with Gasteiger partial charge in [0.25, 0.3) is 5.69 Å². The summed E-state index contributed by atoms with van der Waals surface area (Å²) >= 11 is 1.20. The lowest BCUT2D eigenvalue weighted by Crippen LogP contribution is -3.06. The van der Waals surface area contributed by atoms with Gasteiger partial charge in [-0.15, -0.1) is 0 Å². The van der Waals surface area contributed by atoms with E-state index in [0.29, 0.717) is 11.6 Å². The fourth-order valence-corrected chi connectivity index (χ4v) is 4.21. The van der Waals surface area contributed by atoms with E-state index in [2.05, 4.69) is 10.3 Å². The van der Waals surface area contributed by atoms with Crippen LogP contribution in [0.25, 0.3) is 0 Å². The van der Waals surface area contributed by atoms with Crippen molar-refractivity contribution in [3.63, 3.8) is 0 Å². The zero-order valence-corrected chi connectivity index (χ0v) is 17.3. The molecule has 9 nitrogen and oxygen atoms in total. The number of nitrogens with one attached hydrogen (secondary N) is 2. The predicted octanol–water partition coefficient (Wildman–Crippen LogP) is 0.515. The third kappa shape index (κ3) is 5.01. The zero-order chi connectivity index (χ0) is 21.0. The van der Waals surface area contributed by atoms with E-state index in [4.69, 9.17) is 0 Å². The summed E-state index contributed by atoms with van der Waals surface area (Å²) in [5.41, 5.74) is 1.78. The Morgan fingerprint density at radius 2 is 2.10 bits per heavy atom. The summed E-state index contributed by atoms with van der Waals surface area (Å²) in [7, 11) is 4.08. The smallest absolute Gasteiger partial charge is 0.338 e. The molecule has 2 N–H and O–H groups in total. The number of thioether (sulfide) groups is 1. The number of aromatic nitrogens is 2. The van der Waals surface area contributed by atoms with Crippen LogP contribution in [0, 0.1) is 10.1 Å². The van der Waals surface area contributed by atoms with E-state index >= 15 is 0 Å². The number of fused-ring (bicyclic) bond motifs is 1. The quantitative estimate of drug-likeness (QED) is 0.280. The number of carbonyl (C=O) groups excluding carboxylic acids is 1. The Morgan fingerprint density at radius 3 is 2.83 bits per heavy atom. The van der Waals surface area contributed by atoms with E-state index in [1.165, 1.54) is 28.8 Å². The molecule has 1 aromatic carbocycles. The van der Waals surface area contributed by atoms with E-state index in [0.717, 1.165) is 37.1 Å². The van der Waals surface area contributed by atoms with Crippen LogP contribution in [-0.2, 0) is 24.2 Å². The molecule has 0 spiro atoms. The molecule has 0 atom stereocenters. The lowest BCUT2D eigenvalue weighted by molar-refractivity contribution is -0.859. The fraction of sp³-hybridized carbons (Fsp3) is 0.421. The first-order chi connectivity index (χ1) is 13.9. The molecule has 0 aliphatic heterocycles. The standard InChI is InChI=1S/C19H23N5O4S/c1-22(2)10-11-23-15-9-5-6-13(15)18(21-19(23)26)29-12-17(25)20-14-7-3-4-8-16(14)24(27)28/h3-4,7-8H,5-6,9-12H2,1-2H3,(H,20,25)/p+1. The minimum atomic E-state index is -0.535. The van der Waals surface area contributed by atoms with Crippen molar-refractivity contribution in [1.29, 1.82) is 0 Å². The summed E-state index contributed by atoms with van der Waals surface area (Å²) < 4.78 is 1.76. The van der Waals surface area contributed by atoms with Crippen LogP contribution in [0.2, 0.25) is 0 Å². The number of hydrogen-bond acceptors (Lipinski definition) is 6. The van der Waals surface area contributed by atoms with Crippen molar-refractivity contribution in [2.45, 2.75) is 30.8 Å². The predicted molar refractivity (Wildman–Crippen MR) is 111 cm³/mol. The molecule has 1 heterocycles. The SMILES string of the molecule is C[NH+](C)CCn1c2c(c(SCC(=O)Nc3ccccc3[N+](=O)[O-])nc1=O)CCC2. The maximum atomic E-state index is 12.5. The van der Waals surface area contributed by atoms with Crippen LogP contribution >= 0.6 is 11.8 Å². The van der Waals surface area contributed by atoms with E-state index < -0.39 is 4.92 Å². The van der Waals surface area contributed by atoms with E-state index in [1.807, 2.05) is 14.1 Å². The molecule has 2 aromatic rings. The number of rotatable bonds is 8. The van der Waals surface area contributed by atoms with Crippen molar-refractivity contribution < 1.29 is 14.6 Å².